The Kier molecular flexibility index (Phi) is 22.2. The van der Waals surface area contributed by atoms with Crippen molar-refractivity contribution in [1.82, 2.24) is 0 Å². The summed E-state index contributed by atoms with van der Waals surface area (Å²) < 4.78 is 0. The summed E-state index contributed by atoms with van der Waals surface area (Å²) in [5, 5.41) is 0. The highest BCUT2D eigenvalue weighted by Gasteiger charge is 2.10. The molecule has 0 aromatic carbocycles. The summed E-state index contributed by atoms with van der Waals surface area (Å²) in [4.78, 5) is 0. The first-order valence-corrected chi connectivity index (χ1v) is 13.8. The largest absolute Gasteiger partial charge is 0.0999 e. The Hall–Kier alpha value is -0.260. The van der Waals surface area contributed by atoms with Crippen LogP contribution >= 0.6 is 0 Å². The lowest BCUT2D eigenvalue weighted by Gasteiger charge is -2.18. The minimum absolute atomic E-state index is 0.838. The van der Waals surface area contributed by atoms with Gasteiger partial charge in [-0.3, -0.25) is 0 Å². The summed E-state index contributed by atoms with van der Waals surface area (Å²) in [6, 6.07) is 0. The lowest BCUT2D eigenvalue weighted by atomic mass is 9.88. The normalized spacial score (nSPS) is 11.7. The third-order valence-electron chi connectivity index (χ3n) is 6.65. The summed E-state index contributed by atoms with van der Waals surface area (Å²) in [5.41, 5.74) is 1.52. The van der Waals surface area contributed by atoms with Crippen molar-refractivity contribution in [2.45, 2.75) is 163 Å². The molecular weight excluding hydrogens is 348 g/mol. The minimum Gasteiger partial charge on any atom is -0.0999 e. The first-order chi connectivity index (χ1) is 14.1. The second-order valence-electron chi connectivity index (χ2n) is 10.3. The number of hydrogen-bond acceptors (Lipinski definition) is 0. The van der Waals surface area contributed by atoms with Crippen molar-refractivity contribution in [3.63, 3.8) is 0 Å². The zero-order chi connectivity index (χ0) is 21.6. The molecular formula is C29H58. The second-order valence-corrected chi connectivity index (χ2v) is 10.3. The average Bonchev–Trinajstić information content (AvgIpc) is 2.69. The molecule has 174 valence electrons. The zero-order valence-electron chi connectivity index (χ0n) is 21.2. The van der Waals surface area contributed by atoms with E-state index in [0.29, 0.717) is 0 Å². The molecule has 0 aliphatic carbocycles. The van der Waals surface area contributed by atoms with Crippen LogP contribution in [0.3, 0.4) is 0 Å². The van der Waals surface area contributed by atoms with Crippen molar-refractivity contribution in [1.29, 1.82) is 0 Å². The Bertz CT molecular complexity index is 309. The van der Waals surface area contributed by atoms with E-state index in [9.17, 15) is 0 Å². The van der Waals surface area contributed by atoms with Crippen LogP contribution in [0.15, 0.2) is 12.2 Å². The standard InChI is InChI=1S/C29H58/c1-6-8-10-12-14-16-18-23-29(24-19-17-15-13-11-9-7-2)26-25-28(5)22-20-21-27(3)4/h27,29H,5-26H2,1-4H3. The first-order valence-electron chi connectivity index (χ1n) is 13.8. The predicted octanol–water partition coefficient (Wildman–Crippen LogP) is 11.0. The van der Waals surface area contributed by atoms with E-state index in [4.69, 9.17) is 0 Å². The van der Waals surface area contributed by atoms with E-state index >= 15 is 0 Å². The monoisotopic (exact) mass is 406 g/mol. The van der Waals surface area contributed by atoms with Gasteiger partial charge in [-0.15, -0.1) is 0 Å². The van der Waals surface area contributed by atoms with Gasteiger partial charge < -0.3 is 0 Å². The fourth-order valence-corrected chi connectivity index (χ4v) is 4.51. The van der Waals surface area contributed by atoms with E-state index in [1.807, 2.05) is 0 Å². The number of unbranched alkanes of at least 4 members (excludes halogenated alkanes) is 12. The molecule has 0 heteroatoms. The Morgan fingerprint density at radius 3 is 1.41 bits per heavy atom. The Labute approximate surface area is 186 Å². The van der Waals surface area contributed by atoms with Gasteiger partial charge in [-0.05, 0) is 37.5 Å². The maximum absolute atomic E-state index is 4.40. The summed E-state index contributed by atoms with van der Waals surface area (Å²) in [5.74, 6) is 1.80. The van der Waals surface area contributed by atoms with Gasteiger partial charge in [0.05, 0.1) is 0 Å². The Balaban J connectivity index is 4.01. The van der Waals surface area contributed by atoms with Gasteiger partial charge in [-0.25, -0.2) is 0 Å². The predicted molar refractivity (Wildman–Crippen MR) is 136 cm³/mol. The van der Waals surface area contributed by atoms with E-state index < -0.39 is 0 Å². The summed E-state index contributed by atoms with van der Waals surface area (Å²) >= 11 is 0. The van der Waals surface area contributed by atoms with Crippen LogP contribution in [-0.4, -0.2) is 0 Å². The van der Waals surface area contributed by atoms with E-state index in [1.54, 1.807) is 0 Å². The van der Waals surface area contributed by atoms with Crippen molar-refractivity contribution in [2.24, 2.45) is 11.8 Å². The molecule has 0 saturated heterocycles. The van der Waals surface area contributed by atoms with Gasteiger partial charge in [0.15, 0.2) is 0 Å². The summed E-state index contributed by atoms with van der Waals surface area (Å²) in [6.45, 7) is 13.7. The smallest absolute Gasteiger partial charge is 0.0320 e. The highest BCUT2D eigenvalue weighted by molar-refractivity contribution is 4.94. The number of allylic oxidation sites excluding steroid dienone is 1. The highest BCUT2D eigenvalue weighted by Crippen LogP contribution is 2.26. The fourth-order valence-electron chi connectivity index (χ4n) is 4.51. The topological polar surface area (TPSA) is 0 Å². The van der Waals surface area contributed by atoms with Gasteiger partial charge in [-0.1, -0.05) is 149 Å². The quantitative estimate of drug-likeness (QED) is 0.117. The van der Waals surface area contributed by atoms with Crippen molar-refractivity contribution in [2.75, 3.05) is 0 Å². The van der Waals surface area contributed by atoms with E-state index in [-0.39, 0.29) is 0 Å². The van der Waals surface area contributed by atoms with Crippen LogP contribution in [0.5, 0.6) is 0 Å². The molecule has 0 rings (SSSR count). The average molecular weight is 407 g/mol. The van der Waals surface area contributed by atoms with Crippen molar-refractivity contribution in [3.05, 3.63) is 12.2 Å². The first kappa shape index (κ1) is 28.7. The van der Waals surface area contributed by atoms with Gasteiger partial charge in [-0.2, -0.15) is 0 Å². The Morgan fingerprint density at radius 2 is 0.966 bits per heavy atom. The minimum atomic E-state index is 0.838. The third kappa shape index (κ3) is 22.3. The molecule has 0 spiro atoms. The van der Waals surface area contributed by atoms with Crippen LogP contribution in [0.2, 0.25) is 0 Å². The fraction of sp³-hybridized carbons (Fsp3) is 0.931. The molecule has 0 nitrogen and oxygen atoms in total. The highest BCUT2D eigenvalue weighted by atomic mass is 14.2. The van der Waals surface area contributed by atoms with Crippen LogP contribution < -0.4 is 0 Å². The molecule has 0 aromatic heterocycles. The lowest BCUT2D eigenvalue weighted by Crippen LogP contribution is -2.02. The molecule has 29 heavy (non-hydrogen) atoms. The van der Waals surface area contributed by atoms with Crippen LogP contribution in [0.25, 0.3) is 0 Å². The Morgan fingerprint density at radius 1 is 0.517 bits per heavy atom. The molecule has 0 saturated carbocycles. The molecule has 0 bridgehead atoms. The van der Waals surface area contributed by atoms with Gasteiger partial charge in [0, 0.05) is 0 Å². The maximum atomic E-state index is 4.40. The third-order valence-corrected chi connectivity index (χ3v) is 6.65. The maximum Gasteiger partial charge on any atom is -0.0320 e. The summed E-state index contributed by atoms with van der Waals surface area (Å²) in [7, 11) is 0. The molecule has 0 heterocycles. The number of rotatable bonds is 23. The molecule has 0 N–H and O–H groups in total. The second kappa shape index (κ2) is 22.4. The van der Waals surface area contributed by atoms with Crippen LogP contribution in [-0.2, 0) is 0 Å². The van der Waals surface area contributed by atoms with Gasteiger partial charge in [0.25, 0.3) is 0 Å². The van der Waals surface area contributed by atoms with Crippen molar-refractivity contribution >= 4 is 0 Å². The van der Waals surface area contributed by atoms with E-state index in [1.165, 1.54) is 140 Å². The summed E-state index contributed by atoms with van der Waals surface area (Å²) in [6.07, 6.45) is 29.8. The molecule has 0 aromatic rings. The molecule has 0 fully saturated rings. The van der Waals surface area contributed by atoms with Crippen LogP contribution in [0.1, 0.15) is 163 Å². The number of hydrogen-bond donors (Lipinski definition) is 0. The van der Waals surface area contributed by atoms with Crippen molar-refractivity contribution < 1.29 is 0 Å². The van der Waals surface area contributed by atoms with Gasteiger partial charge in [0.1, 0.15) is 0 Å². The van der Waals surface area contributed by atoms with Crippen LogP contribution in [0, 0.1) is 11.8 Å². The van der Waals surface area contributed by atoms with E-state index in [0.717, 1.165) is 11.8 Å². The molecule has 0 atom stereocenters. The lowest BCUT2D eigenvalue weighted by molar-refractivity contribution is 0.378. The van der Waals surface area contributed by atoms with Crippen LogP contribution in [0.4, 0.5) is 0 Å². The van der Waals surface area contributed by atoms with E-state index in [2.05, 4.69) is 34.3 Å². The molecule has 0 radical (unpaired) electrons. The molecule has 0 unspecified atom stereocenters. The van der Waals surface area contributed by atoms with Gasteiger partial charge in [0.2, 0.25) is 0 Å². The van der Waals surface area contributed by atoms with Gasteiger partial charge >= 0.3 is 0 Å². The molecule has 0 aliphatic heterocycles. The molecule has 0 aliphatic rings. The zero-order valence-corrected chi connectivity index (χ0v) is 21.2. The molecule has 0 amide bonds. The van der Waals surface area contributed by atoms with Crippen molar-refractivity contribution in [3.8, 4) is 0 Å². The SMILES string of the molecule is C=C(CCCC(C)C)CCC(CCCCCCCCC)CCCCCCCCC.